The third-order valence-electron chi connectivity index (χ3n) is 6.24. The van der Waals surface area contributed by atoms with E-state index in [2.05, 4.69) is 9.88 Å². The molecule has 1 saturated heterocycles. The summed E-state index contributed by atoms with van der Waals surface area (Å²) in [6.07, 6.45) is 2.66. The van der Waals surface area contributed by atoms with Gasteiger partial charge in [0, 0.05) is 42.5 Å². The second kappa shape index (κ2) is 8.22. The predicted octanol–water partition coefficient (Wildman–Crippen LogP) is 3.83. The summed E-state index contributed by atoms with van der Waals surface area (Å²) in [5.74, 6) is 0. The molecule has 0 unspecified atom stereocenters. The van der Waals surface area contributed by atoms with E-state index >= 15 is 0 Å². The van der Waals surface area contributed by atoms with Crippen molar-refractivity contribution in [3.63, 3.8) is 0 Å². The summed E-state index contributed by atoms with van der Waals surface area (Å²) in [6, 6.07) is 13.2. The smallest absolute Gasteiger partial charge is 0.306 e. The summed E-state index contributed by atoms with van der Waals surface area (Å²) in [6.45, 7) is 3.36. The van der Waals surface area contributed by atoms with Gasteiger partial charge in [-0.15, -0.1) is 0 Å². The van der Waals surface area contributed by atoms with Crippen molar-refractivity contribution >= 4 is 45.4 Å². The average Bonchev–Trinajstić information content (AvgIpc) is 3.22. The van der Waals surface area contributed by atoms with Gasteiger partial charge in [-0.3, -0.25) is 9.13 Å². The van der Waals surface area contributed by atoms with Crippen molar-refractivity contribution in [2.45, 2.75) is 31.8 Å². The number of nitrogens with zero attached hydrogens (tertiary/aromatic N) is 4. The van der Waals surface area contributed by atoms with Crippen LogP contribution in [0.3, 0.4) is 0 Å². The van der Waals surface area contributed by atoms with Gasteiger partial charge in [-0.2, -0.15) is 0 Å². The normalized spacial score (nSPS) is 15.9. The van der Waals surface area contributed by atoms with Gasteiger partial charge < -0.3 is 9.88 Å². The van der Waals surface area contributed by atoms with Crippen LogP contribution in [0.4, 0.5) is 0 Å². The molecule has 1 aliphatic heterocycles. The summed E-state index contributed by atoms with van der Waals surface area (Å²) >= 11 is 12.3. The number of hydrogen-bond donors (Lipinski definition) is 1. The van der Waals surface area contributed by atoms with Crippen LogP contribution < -0.4 is 11.4 Å². The molecule has 0 saturated carbocycles. The van der Waals surface area contributed by atoms with E-state index in [1.165, 1.54) is 4.09 Å². The number of aromatic amines is 1. The molecule has 0 atom stereocenters. The van der Waals surface area contributed by atoms with Gasteiger partial charge >= 0.3 is 11.4 Å². The van der Waals surface area contributed by atoms with Crippen LogP contribution in [0.5, 0.6) is 0 Å². The Bertz CT molecular complexity index is 1360. The van der Waals surface area contributed by atoms with E-state index in [0.29, 0.717) is 11.6 Å². The van der Waals surface area contributed by atoms with Crippen LogP contribution in [-0.4, -0.2) is 42.7 Å². The summed E-state index contributed by atoms with van der Waals surface area (Å²) in [5, 5.41) is 0.621. The maximum atomic E-state index is 12.7. The van der Waals surface area contributed by atoms with Crippen molar-refractivity contribution < 1.29 is 0 Å². The molecule has 0 aliphatic carbocycles. The van der Waals surface area contributed by atoms with Crippen LogP contribution >= 0.6 is 23.4 Å². The average molecular weight is 460 g/mol. The molecule has 0 amide bonds. The number of benzene rings is 2. The zero-order chi connectivity index (χ0) is 21.5. The highest BCUT2D eigenvalue weighted by atomic mass is 35.5. The minimum Gasteiger partial charge on any atom is -0.306 e. The van der Waals surface area contributed by atoms with Crippen molar-refractivity contribution in [2.75, 3.05) is 19.6 Å². The Labute approximate surface area is 188 Å². The van der Waals surface area contributed by atoms with Crippen LogP contribution in [0.15, 0.2) is 52.1 Å². The van der Waals surface area contributed by atoms with Crippen molar-refractivity contribution in [2.24, 2.45) is 0 Å². The van der Waals surface area contributed by atoms with E-state index in [4.69, 9.17) is 23.4 Å². The molecule has 3 heterocycles. The molecular formula is C22H23Cl2N5O2. The fraction of sp³-hybridized carbons (Fsp3) is 0.364. The van der Waals surface area contributed by atoms with Gasteiger partial charge in [0.1, 0.15) is 0 Å². The number of halogens is 2. The Hall–Kier alpha value is -2.48. The molecule has 162 valence electrons. The Morgan fingerprint density at radius 2 is 1.71 bits per heavy atom. The molecule has 1 fully saturated rings. The fourth-order valence-corrected chi connectivity index (χ4v) is 5.08. The Morgan fingerprint density at radius 1 is 0.968 bits per heavy atom. The molecule has 2 aromatic carbocycles. The van der Waals surface area contributed by atoms with E-state index < -0.39 is 0 Å². The highest BCUT2D eigenvalue weighted by Crippen LogP contribution is 2.26. The van der Waals surface area contributed by atoms with Crippen LogP contribution in [0, 0.1) is 0 Å². The van der Waals surface area contributed by atoms with E-state index in [1.807, 2.05) is 41.0 Å². The number of hydrogen-bond acceptors (Lipinski definition) is 3. The lowest BCUT2D eigenvalue weighted by molar-refractivity contribution is 0.183. The molecule has 0 radical (unpaired) electrons. The Balaban J connectivity index is 1.22. The maximum Gasteiger partial charge on any atom is 0.344 e. The molecule has 9 heteroatoms. The first kappa shape index (κ1) is 20.4. The Kier molecular flexibility index (Phi) is 5.42. The first-order chi connectivity index (χ1) is 15.0. The number of likely N-dealkylation sites (tertiary alicyclic amines) is 1. The topological polar surface area (TPSA) is 68.0 Å². The van der Waals surface area contributed by atoms with Crippen molar-refractivity contribution in [3.8, 4) is 0 Å². The first-order valence-corrected chi connectivity index (χ1v) is 11.2. The van der Waals surface area contributed by atoms with Crippen LogP contribution in [0.2, 0.25) is 5.02 Å². The summed E-state index contributed by atoms with van der Waals surface area (Å²) in [7, 11) is 0. The second-order valence-electron chi connectivity index (χ2n) is 8.09. The van der Waals surface area contributed by atoms with Gasteiger partial charge in [0.25, 0.3) is 0 Å². The molecule has 4 aromatic rings. The minimum absolute atomic E-state index is 0.104. The van der Waals surface area contributed by atoms with Crippen molar-refractivity contribution in [1.29, 1.82) is 0 Å². The van der Waals surface area contributed by atoms with Gasteiger partial charge in [0.15, 0.2) is 0 Å². The maximum absolute atomic E-state index is 12.7. The SMILES string of the molecule is O=c1[nH]c2ccc(Cl)cc2n1CCCN1CCC(n2c(=O)n(Cl)c3ccccc32)CC1. The largest absolute Gasteiger partial charge is 0.344 e. The molecule has 5 rings (SSSR count). The highest BCUT2D eigenvalue weighted by molar-refractivity contribution is 6.31. The van der Waals surface area contributed by atoms with Gasteiger partial charge in [-0.25, -0.2) is 13.7 Å². The monoisotopic (exact) mass is 459 g/mol. The molecule has 0 spiro atoms. The third-order valence-corrected chi connectivity index (χ3v) is 6.80. The molecule has 31 heavy (non-hydrogen) atoms. The summed E-state index contributed by atoms with van der Waals surface area (Å²) in [5.41, 5.74) is 3.01. The molecule has 7 nitrogen and oxygen atoms in total. The number of aryl methyl sites for hydroxylation is 1. The van der Waals surface area contributed by atoms with Crippen LogP contribution in [-0.2, 0) is 6.54 Å². The fourth-order valence-electron chi connectivity index (χ4n) is 4.69. The summed E-state index contributed by atoms with van der Waals surface area (Å²) < 4.78 is 4.81. The second-order valence-corrected chi connectivity index (χ2v) is 8.87. The number of imidazole rings is 2. The first-order valence-electron chi connectivity index (χ1n) is 10.5. The van der Waals surface area contributed by atoms with Gasteiger partial charge in [0.2, 0.25) is 0 Å². The third kappa shape index (κ3) is 3.71. The number of piperidine rings is 1. The number of H-pyrrole nitrogens is 1. The van der Waals surface area contributed by atoms with E-state index in [-0.39, 0.29) is 17.4 Å². The molecule has 1 N–H and O–H groups in total. The molecular weight excluding hydrogens is 437 g/mol. The van der Waals surface area contributed by atoms with E-state index in [9.17, 15) is 9.59 Å². The number of rotatable bonds is 5. The van der Waals surface area contributed by atoms with Crippen molar-refractivity contribution in [3.05, 3.63) is 68.5 Å². The van der Waals surface area contributed by atoms with Crippen LogP contribution in [0.25, 0.3) is 22.1 Å². The van der Waals surface area contributed by atoms with E-state index in [0.717, 1.165) is 61.0 Å². The standard InChI is InChI=1S/C22H23Cl2N5O2/c23-15-6-7-17-20(14-15)27(21(30)25-17)11-3-10-26-12-8-16(9-13-26)28-18-4-1-2-5-19(18)29(24)22(28)31/h1-2,4-7,14,16H,3,8-13H2,(H,25,30). The van der Waals surface area contributed by atoms with Gasteiger partial charge in [-0.1, -0.05) is 23.7 Å². The number of nitrogens with one attached hydrogen (secondary N) is 1. The highest BCUT2D eigenvalue weighted by Gasteiger charge is 2.24. The molecule has 2 aromatic heterocycles. The minimum atomic E-state index is -0.168. The lowest BCUT2D eigenvalue weighted by Gasteiger charge is -2.32. The zero-order valence-electron chi connectivity index (χ0n) is 16.9. The van der Waals surface area contributed by atoms with Gasteiger partial charge in [0.05, 0.1) is 22.1 Å². The Morgan fingerprint density at radius 3 is 2.48 bits per heavy atom. The molecule has 0 bridgehead atoms. The molecule has 1 aliphatic rings. The van der Waals surface area contributed by atoms with E-state index in [1.54, 1.807) is 10.6 Å². The number of aromatic nitrogens is 4. The van der Waals surface area contributed by atoms with Gasteiger partial charge in [-0.05, 0) is 56.1 Å². The predicted molar refractivity (Wildman–Crippen MR) is 124 cm³/mol. The summed E-state index contributed by atoms with van der Waals surface area (Å²) in [4.78, 5) is 30.2. The lowest BCUT2D eigenvalue weighted by atomic mass is 10.0. The number of fused-ring (bicyclic) bond motifs is 2. The van der Waals surface area contributed by atoms with Crippen LogP contribution in [0.1, 0.15) is 25.3 Å². The quantitative estimate of drug-likeness (QED) is 0.492. The lowest BCUT2D eigenvalue weighted by Crippen LogP contribution is -2.38. The zero-order valence-corrected chi connectivity index (χ0v) is 18.4. The van der Waals surface area contributed by atoms with Crippen molar-refractivity contribution in [1.82, 2.24) is 23.1 Å². The number of para-hydroxylation sites is 2.